The van der Waals surface area contributed by atoms with Crippen molar-refractivity contribution < 1.29 is 31.9 Å². The number of aromatic nitrogens is 2. The fourth-order valence-corrected chi connectivity index (χ4v) is 5.46. The summed E-state index contributed by atoms with van der Waals surface area (Å²) in [7, 11) is -1.17. The van der Waals surface area contributed by atoms with Gasteiger partial charge in [0.15, 0.2) is 17.3 Å². The number of nitrogens with zero attached hydrogens (tertiary/aromatic N) is 5. The van der Waals surface area contributed by atoms with Gasteiger partial charge in [0.2, 0.25) is 5.95 Å². The molecule has 0 saturated heterocycles. The molecule has 0 unspecified atom stereocenters. The van der Waals surface area contributed by atoms with E-state index < -0.39 is 27.9 Å². The standard InChI is InChI=1S/C29H37FN6O6S/c1-7-18-36(43(39,40)21-16-14-20(30)15-17-21)23-19-31-28(35(9-3)10-4)33-27(23)32-22-12-11-13-24(41-29(38)34(5)6)26(22)42-25(37)8-2/h11-17,19H,7-10,18H2,1-6H3,(H,31,32,33). The Labute approximate surface area is 251 Å². The minimum Gasteiger partial charge on any atom is -0.420 e. The normalized spacial score (nSPS) is 11.0. The number of anilines is 4. The van der Waals surface area contributed by atoms with Gasteiger partial charge in [-0.1, -0.05) is 19.9 Å². The Morgan fingerprint density at radius 1 is 0.977 bits per heavy atom. The largest absolute Gasteiger partial charge is 0.420 e. The van der Waals surface area contributed by atoms with Crippen molar-refractivity contribution >= 4 is 45.2 Å². The second-order valence-corrected chi connectivity index (χ2v) is 11.3. The molecule has 0 aliphatic rings. The summed E-state index contributed by atoms with van der Waals surface area (Å²) in [6.45, 7) is 8.51. The fourth-order valence-electron chi connectivity index (χ4n) is 3.91. The third kappa shape index (κ3) is 7.89. The van der Waals surface area contributed by atoms with Gasteiger partial charge in [0.1, 0.15) is 11.5 Å². The second-order valence-electron chi connectivity index (χ2n) is 9.46. The van der Waals surface area contributed by atoms with Gasteiger partial charge in [-0.25, -0.2) is 22.6 Å². The maximum Gasteiger partial charge on any atom is 0.414 e. The van der Waals surface area contributed by atoms with E-state index in [1.54, 1.807) is 19.1 Å². The number of nitrogens with one attached hydrogen (secondary N) is 1. The van der Waals surface area contributed by atoms with Gasteiger partial charge in [0.25, 0.3) is 10.0 Å². The van der Waals surface area contributed by atoms with E-state index in [0.29, 0.717) is 25.5 Å². The van der Waals surface area contributed by atoms with Crippen LogP contribution in [0.3, 0.4) is 0 Å². The molecule has 0 bridgehead atoms. The number of halogens is 1. The van der Waals surface area contributed by atoms with Crippen LogP contribution in [0.2, 0.25) is 0 Å². The average molecular weight is 617 g/mol. The van der Waals surface area contributed by atoms with Crippen molar-refractivity contribution in [2.45, 2.75) is 45.4 Å². The van der Waals surface area contributed by atoms with Crippen molar-refractivity contribution in [1.82, 2.24) is 14.9 Å². The number of esters is 1. The molecular formula is C29H37FN6O6S. The maximum absolute atomic E-state index is 13.8. The van der Waals surface area contributed by atoms with E-state index in [1.165, 1.54) is 43.4 Å². The molecule has 3 aromatic rings. The van der Waals surface area contributed by atoms with E-state index in [2.05, 4.69) is 15.3 Å². The number of benzene rings is 2. The quantitative estimate of drug-likeness (QED) is 0.202. The molecule has 14 heteroatoms. The molecule has 1 heterocycles. The lowest BCUT2D eigenvalue weighted by molar-refractivity contribution is -0.134. The SMILES string of the molecule is CCCN(c1cnc(N(CC)CC)nc1Nc1cccc(OC(=O)N(C)C)c1OC(=O)CC)S(=O)(=O)c1ccc(F)cc1. The summed E-state index contributed by atoms with van der Waals surface area (Å²) in [5, 5.41) is 3.10. The van der Waals surface area contributed by atoms with E-state index in [1.807, 2.05) is 25.7 Å². The first kappa shape index (κ1) is 33.0. The minimum absolute atomic E-state index is 0.0329. The summed E-state index contributed by atoms with van der Waals surface area (Å²) in [6.07, 6.45) is 1.18. The average Bonchev–Trinajstić information content (AvgIpc) is 2.98. The van der Waals surface area contributed by atoms with Crippen LogP contribution in [0.25, 0.3) is 0 Å². The monoisotopic (exact) mass is 616 g/mol. The zero-order valence-corrected chi connectivity index (χ0v) is 25.9. The molecule has 0 fully saturated rings. The first-order chi connectivity index (χ1) is 20.5. The predicted octanol–water partition coefficient (Wildman–Crippen LogP) is 5.19. The number of sulfonamides is 1. The van der Waals surface area contributed by atoms with Crippen LogP contribution in [0.15, 0.2) is 53.6 Å². The van der Waals surface area contributed by atoms with Gasteiger partial charge < -0.3 is 24.6 Å². The molecule has 2 aromatic carbocycles. The Morgan fingerprint density at radius 2 is 1.65 bits per heavy atom. The van der Waals surface area contributed by atoms with Gasteiger partial charge in [-0.2, -0.15) is 4.98 Å². The fraction of sp³-hybridized carbons (Fsp3) is 0.379. The highest BCUT2D eigenvalue weighted by Gasteiger charge is 2.29. The Hall–Kier alpha value is -4.46. The lowest BCUT2D eigenvalue weighted by Crippen LogP contribution is -2.33. The maximum atomic E-state index is 13.8. The molecule has 1 amide bonds. The van der Waals surface area contributed by atoms with E-state index >= 15 is 0 Å². The number of rotatable bonds is 13. The lowest BCUT2D eigenvalue weighted by atomic mass is 10.2. The molecule has 3 rings (SSSR count). The third-order valence-corrected chi connectivity index (χ3v) is 8.03. The molecule has 1 N–H and O–H groups in total. The molecule has 1 aromatic heterocycles. The van der Waals surface area contributed by atoms with Crippen molar-refractivity contribution in [3.8, 4) is 11.5 Å². The molecule has 232 valence electrons. The minimum atomic E-state index is -4.19. The first-order valence-electron chi connectivity index (χ1n) is 13.9. The van der Waals surface area contributed by atoms with Crippen molar-refractivity contribution in [3.05, 3.63) is 54.5 Å². The highest BCUT2D eigenvalue weighted by Crippen LogP contribution is 2.40. The summed E-state index contributed by atoms with van der Waals surface area (Å²) >= 11 is 0. The zero-order chi connectivity index (χ0) is 31.7. The lowest BCUT2D eigenvalue weighted by Gasteiger charge is -2.27. The number of hydrogen-bond acceptors (Lipinski definition) is 10. The van der Waals surface area contributed by atoms with Crippen molar-refractivity contribution in [1.29, 1.82) is 0 Å². The third-order valence-electron chi connectivity index (χ3n) is 6.20. The number of carbonyl (C=O) groups excluding carboxylic acids is 2. The van der Waals surface area contributed by atoms with Crippen LogP contribution in [0.5, 0.6) is 11.5 Å². The van der Waals surface area contributed by atoms with Crippen LogP contribution >= 0.6 is 0 Å². The van der Waals surface area contributed by atoms with E-state index in [9.17, 15) is 22.4 Å². The van der Waals surface area contributed by atoms with Crippen molar-refractivity contribution in [2.75, 3.05) is 48.3 Å². The van der Waals surface area contributed by atoms with Crippen LogP contribution in [0, 0.1) is 5.82 Å². The summed E-state index contributed by atoms with van der Waals surface area (Å²) in [5.41, 5.74) is 0.289. The number of para-hydroxylation sites is 1. The Morgan fingerprint density at radius 3 is 2.23 bits per heavy atom. The topological polar surface area (TPSA) is 134 Å². The highest BCUT2D eigenvalue weighted by atomic mass is 32.2. The molecule has 43 heavy (non-hydrogen) atoms. The van der Waals surface area contributed by atoms with Gasteiger partial charge in [0.05, 0.1) is 16.8 Å². The predicted molar refractivity (Wildman–Crippen MR) is 162 cm³/mol. The van der Waals surface area contributed by atoms with Gasteiger partial charge in [-0.3, -0.25) is 9.10 Å². The molecule has 0 saturated carbocycles. The zero-order valence-electron chi connectivity index (χ0n) is 25.1. The summed E-state index contributed by atoms with van der Waals surface area (Å²) in [4.78, 5) is 36.9. The van der Waals surface area contributed by atoms with E-state index in [4.69, 9.17) is 9.47 Å². The molecule has 0 spiro atoms. The van der Waals surface area contributed by atoms with Crippen LogP contribution in [-0.4, -0.2) is 69.1 Å². The molecular weight excluding hydrogens is 579 g/mol. The smallest absolute Gasteiger partial charge is 0.414 e. The van der Waals surface area contributed by atoms with Crippen LogP contribution in [0.1, 0.15) is 40.5 Å². The van der Waals surface area contributed by atoms with Gasteiger partial charge in [0, 0.05) is 40.2 Å². The number of ether oxygens (including phenoxy) is 2. The highest BCUT2D eigenvalue weighted by molar-refractivity contribution is 7.92. The van der Waals surface area contributed by atoms with Gasteiger partial charge >= 0.3 is 12.1 Å². The second kappa shape index (κ2) is 14.6. The summed E-state index contributed by atoms with van der Waals surface area (Å²) in [5.74, 6) is -0.861. The molecule has 12 nitrogen and oxygen atoms in total. The van der Waals surface area contributed by atoms with Crippen molar-refractivity contribution in [2.24, 2.45) is 0 Å². The number of hydrogen-bond donors (Lipinski definition) is 1. The molecule has 0 aliphatic carbocycles. The Bertz CT molecular complexity index is 1530. The van der Waals surface area contributed by atoms with E-state index in [-0.39, 0.29) is 46.6 Å². The molecule has 0 radical (unpaired) electrons. The molecule has 0 aliphatic heterocycles. The Balaban J connectivity index is 2.24. The van der Waals surface area contributed by atoms with Crippen LogP contribution < -0.4 is 24.0 Å². The summed E-state index contributed by atoms with van der Waals surface area (Å²) < 4.78 is 53.5. The summed E-state index contributed by atoms with van der Waals surface area (Å²) in [6, 6.07) is 9.15. The van der Waals surface area contributed by atoms with Gasteiger partial charge in [-0.05, 0) is 56.7 Å². The van der Waals surface area contributed by atoms with Crippen molar-refractivity contribution in [3.63, 3.8) is 0 Å². The number of carbonyl (C=O) groups is 2. The molecule has 0 atom stereocenters. The van der Waals surface area contributed by atoms with E-state index in [0.717, 1.165) is 16.4 Å². The van der Waals surface area contributed by atoms with Crippen LogP contribution in [-0.2, 0) is 14.8 Å². The van der Waals surface area contributed by atoms with Crippen LogP contribution in [0.4, 0.5) is 32.3 Å². The Kier molecular flexibility index (Phi) is 11.2. The number of amides is 1. The first-order valence-corrected chi connectivity index (χ1v) is 15.3. The van der Waals surface area contributed by atoms with Gasteiger partial charge in [-0.15, -0.1) is 0 Å².